The van der Waals surface area contributed by atoms with E-state index in [0.717, 1.165) is 0 Å². The highest BCUT2D eigenvalue weighted by molar-refractivity contribution is 7.80. The van der Waals surface area contributed by atoms with Crippen LogP contribution in [-0.4, -0.2) is 10.9 Å². The van der Waals surface area contributed by atoms with Crippen molar-refractivity contribution in [3.05, 3.63) is 45.2 Å². The minimum atomic E-state index is -0.902. The van der Waals surface area contributed by atoms with Crippen molar-refractivity contribution < 1.29 is 4.79 Å². The number of carbonyl (C=O) groups excluding carboxylic acids is 1. The Kier molecular flexibility index (Phi) is 4.37. The first kappa shape index (κ1) is 15.6. The zero-order chi connectivity index (χ0) is 15.7. The fourth-order valence-corrected chi connectivity index (χ4v) is 3.16. The summed E-state index contributed by atoms with van der Waals surface area (Å²) < 4.78 is 0. The molecule has 2 atom stereocenters. The summed E-state index contributed by atoms with van der Waals surface area (Å²) >= 11 is 17.2. The molecule has 1 aromatic carbocycles. The molecule has 1 aromatic rings. The molecular formula is C13H10Cl2N4OS. The highest BCUT2D eigenvalue weighted by Crippen LogP contribution is 2.40. The second kappa shape index (κ2) is 5.90. The second-order valence-corrected chi connectivity index (χ2v) is 5.74. The van der Waals surface area contributed by atoms with E-state index in [4.69, 9.17) is 46.9 Å². The van der Waals surface area contributed by atoms with E-state index >= 15 is 0 Å². The summed E-state index contributed by atoms with van der Waals surface area (Å²) in [5.74, 6) is -2.20. The van der Waals surface area contributed by atoms with Crippen molar-refractivity contribution in [2.24, 2.45) is 17.4 Å². The topological polar surface area (TPSA) is 105 Å². The highest BCUT2D eigenvalue weighted by atomic mass is 35.5. The lowest BCUT2D eigenvalue weighted by molar-refractivity contribution is -0.120. The maximum Gasteiger partial charge on any atom is 0.228 e. The van der Waals surface area contributed by atoms with Gasteiger partial charge in [0.15, 0.2) is 0 Å². The van der Waals surface area contributed by atoms with E-state index in [9.17, 15) is 10.1 Å². The first-order valence-corrected chi connectivity index (χ1v) is 6.98. The molecule has 5 nitrogen and oxygen atoms in total. The largest absolute Gasteiger partial charge is 0.384 e. The molecule has 108 valence electrons. The van der Waals surface area contributed by atoms with Gasteiger partial charge in [-0.3, -0.25) is 4.79 Å². The Balaban J connectivity index is 2.68. The van der Waals surface area contributed by atoms with Gasteiger partial charge in [0.25, 0.3) is 0 Å². The Morgan fingerprint density at radius 2 is 2.10 bits per heavy atom. The van der Waals surface area contributed by atoms with Crippen molar-refractivity contribution in [2.75, 3.05) is 0 Å². The van der Waals surface area contributed by atoms with Crippen molar-refractivity contribution in [1.82, 2.24) is 5.32 Å². The monoisotopic (exact) mass is 340 g/mol. The number of thiocarbonyl (C=S) groups is 1. The molecule has 0 unspecified atom stereocenters. The van der Waals surface area contributed by atoms with Crippen LogP contribution in [0, 0.1) is 17.2 Å². The number of halogens is 2. The van der Waals surface area contributed by atoms with E-state index in [2.05, 4.69) is 5.32 Å². The quantitative estimate of drug-likeness (QED) is 0.712. The molecule has 0 spiro atoms. The van der Waals surface area contributed by atoms with E-state index in [1.165, 1.54) is 6.07 Å². The SMILES string of the molecule is N#CC1=C(N)NC(=S)[C@@H](C(N)=O)[C@H]1c1ccc(Cl)cc1Cl. The van der Waals surface area contributed by atoms with Gasteiger partial charge in [0, 0.05) is 16.0 Å². The summed E-state index contributed by atoms with van der Waals surface area (Å²) in [6.45, 7) is 0. The molecule has 1 amide bonds. The normalized spacial score (nSPS) is 21.7. The Morgan fingerprint density at radius 3 is 2.62 bits per heavy atom. The smallest absolute Gasteiger partial charge is 0.228 e. The molecule has 5 N–H and O–H groups in total. The summed E-state index contributed by atoms with van der Waals surface area (Å²) in [4.78, 5) is 11.9. The number of hydrogen-bond donors (Lipinski definition) is 3. The lowest BCUT2D eigenvalue weighted by Crippen LogP contribution is -2.47. The number of allylic oxidation sites excluding steroid dienone is 1. The van der Waals surface area contributed by atoms with Crippen LogP contribution in [0.5, 0.6) is 0 Å². The molecule has 0 fully saturated rings. The summed E-state index contributed by atoms with van der Waals surface area (Å²) in [6.07, 6.45) is 0. The molecule has 0 saturated heterocycles. The van der Waals surface area contributed by atoms with Gasteiger partial charge in [-0.25, -0.2) is 0 Å². The summed E-state index contributed by atoms with van der Waals surface area (Å²) in [6, 6.07) is 6.74. The van der Waals surface area contributed by atoms with E-state index in [-0.39, 0.29) is 16.4 Å². The van der Waals surface area contributed by atoms with E-state index in [1.54, 1.807) is 12.1 Å². The standard InChI is InChI=1S/C13H10Cl2N4OS/c14-5-1-2-6(8(15)3-5)9-7(4-16)11(17)19-13(21)10(9)12(18)20/h1-3,9-10H,17H2,(H2,18,20)(H,19,21)/t9-,10+/m0/s1. The van der Waals surface area contributed by atoms with Crippen LogP contribution in [-0.2, 0) is 4.79 Å². The van der Waals surface area contributed by atoms with Gasteiger partial charge in [0.05, 0.1) is 16.6 Å². The van der Waals surface area contributed by atoms with Gasteiger partial charge in [0.2, 0.25) is 5.91 Å². The van der Waals surface area contributed by atoms with Crippen molar-refractivity contribution in [3.8, 4) is 6.07 Å². The number of nitriles is 1. The molecule has 0 bridgehead atoms. The van der Waals surface area contributed by atoms with Gasteiger partial charge >= 0.3 is 0 Å². The van der Waals surface area contributed by atoms with Gasteiger partial charge in [-0.05, 0) is 17.7 Å². The number of hydrogen-bond acceptors (Lipinski definition) is 4. The van der Waals surface area contributed by atoms with Crippen molar-refractivity contribution in [1.29, 1.82) is 5.26 Å². The van der Waals surface area contributed by atoms with Crippen LogP contribution in [0.3, 0.4) is 0 Å². The number of carbonyl (C=O) groups is 1. The fraction of sp³-hybridized carbons (Fsp3) is 0.154. The Morgan fingerprint density at radius 1 is 1.43 bits per heavy atom. The van der Waals surface area contributed by atoms with Crippen LogP contribution in [0.4, 0.5) is 0 Å². The minimum Gasteiger partial charge on any atom is -0.384 e. The molecule has 21 heavy (non-hydrogen) atoms. The molecule has 0 aliphatic carbocycles. The van der Waals surface area contributed by atoms with Gasteiger partial charge in [-0.2, -0.15) is 5.26 Å². The second-order valence-electron chi connectivity index (χ2n) is 4.45. The number of amides is 1. The summed E-state index contributed by atoms with van der Waals surface area (Å²) in [5.41, 5.74) is 11.9. The van der Waals surface area contributed by atoms with E-state index in [1.807, 2.05) is 6.07 Å². The zero-order valence-electron chi connectivity index (χ0n) is 10.6. The third-order valence-electron chi connectivity index (χ3n) is 3.20. The van der Waals surface area contributed by atoms with Crippen molar-refractivity contribution in [3.63, 3.8) is 0 Å². The van der Waals surface area contributed by atoms with E-state index < -0.39 is 17.7 Å². The maximum atomic E-state index is 11.7. The van der Waals surface area contributed by atoms with Crippen LogP contribution >= 0.6 is 35.4 Å². The van der Waals surface area contributed by atoms with Crippen LogP contribution in [0.15, 0.2) is 29.6 Å². The molecule has 0 radical (unpaired) electrons. The molecule has 2 rings (SSSR count). The minimum absolute atomic E-state index is 0.0935. The van der Waals surface area contributed by atoms with E-state index in [0.29, 0.717) is 15.6 Å². The molecule has 0 aromatic heterocycles. The lowest BCUT2D eigenvalue weighted by Gasteiger charge is -2.32. The average Bonchev–Trinajstić information content (AvgIpc) is 2.37. The fourth-order valence-electron chi connectivity index (χ4n) is 2.28. The predicted molar refractivity (Wildman–Crippen MR) is 84.4 cm³/mol. The molecule has 1 aliphatic rings. The Labute approximate surface area is 136 Å². The number of nitrogens with zero attached hydrogens (tertiary/aromatic N) is 1. The van der Waals surface area contributed by atoms with Crippen LogP contribution in [0.2, 0.25) is 10.0 Å². The van der Waals surface area contributed by atoms with Crippen LogP contribution in [0.25, 0.3) is 0 Å². The lowest BCUT2D eigenvalue weighted by atomic mass is 9.78. The molecule has 0 saturated carbocycles. The average molecular weight is 341 g/mol. The first-order chi connectivity index (χ1) is 9.86. The zero-order valence-corrected chi connectivity index (χ0v) is 12.9. The number of nitrogens with two attached hydrogens (primary N) is 2. The number of primary amides is 1. The number of rotatable bonds is 2. The van der Waals surface area contributed by atoms with Crippen molar-refractivity contribution in [2.45, 2.75) is 5.92 Å². The maximum absolute atomic E-state index is 11.7. The third-order valence-corrected chi connectivity index (χ3v) is 4.12. The molecule has 8 heteroatoms. The Hall–Kier alpha value is -1.81. The third kappa shape index (κ3) is 2.81. The Bertz CT molecular complexity index is 711. The van der Waals surface area contributed by atoms with Gasteiger partial charge < -0.3 is 16.8 Å². The van der Waals surface area contributed by atoms with Gasteiger partial charge in [-0.1, -0.05) is 41.5 Å². The van der Waals surface area contributed by atoms with Crippen molar-refractivity contribution >= 4 is 46.3 Å². The molecular weight excluding hydrogens is 331 g/mol. The number of benzene rings is 1. The first-order valence-electron chi connectivity index (χ1n) is 5.81. The predicted octanol–water partition coefficient (Wildman–Crippen LogP) is 1.80. The van der Waals surface area contributed by atoms with Gasteiger partial charge in [-0.15, -0.1) is 0 Å². The highest BCUT2D eigenvalue weighted by Gasteiger charge is 2.40. The van der Waals surface area contributed by atoms with Gasteiger partial charge in [0.1, 0.15) is 11.7 Å². The summed E-state index contributed by atoms with van der Waals surface area (Å²) in [7, 11) is 0. The van der Waals surface area contributed by atoms with Crippen LogP contribution < -0.4 is 16.8 Å². The summed E-state index contributed by atoms with van der Waals surface area (Å²) in [5, 5.41) is 12.7. The van der Waals surface area contributed by atoms with Crippen LogP contribution in [0.1, 0.15) is 11.5 Å². The molecule has 1 heterocycles. The molecule has 1 aliphatic heterocycles. The number of nitrogens with one attached hydrogen (secondary N) is 1.